The van der Waals surface area contributed by atoms with Gasteiger partial charge in [-0.05, 0) is 96.7 Å². The number of ether oxygens (including phenoxy) is 2. The second-order valence-electron chi connectivity index (χ2n) is 23.1. The van der Waals surface area contributed by atoms with Gasteiger partial charge in [0.1, 0.15) is 0 Å². The summed E-state index contributed by atoms with van der Waals surface area (Å²) in [5.74, 6) is 1.44. The Labute approximate surface area is 450 Å². The maximum Gasteiger partial charge on any atom is 0.305 e. The normalized spacial score (nSPS) is 12.9. The minimum Gasteiger partial charge on any atom is -0.465 e. The molecule has 1 amide bonds. The van der Waals surface area contributed by atoms with Crippen LogP contribution >= 0.6 is 0 Å². The van der Waals surface area contributed by atoms with Gasteiger partial charge < -0.3 is 19.3 Å². The molecule has 0 aliphatic heterocycles. The van der Waals surface area contributed by atoms with Crippen LogP contribution in [0, 0.1) is 11.8 Å². The number of carbonyl (C=O) groups excluding carboxylic acids is 3. The third-order valence-corrected chi connectivity index (χ3v) is 15.7. The van der Waals surface area contributed by atoms with Crippen molar-refractivity contribution in [2.45, 2.75) is 349 Å². The quantitative estimate of drug-likeness (QED) is 0.0446. The zero-order chi connectivity index (χ0) is 52.8. The molecule has 0 aliphatic rings. The highest BCUT2D eigenvalue weighted by Crippen LogP contribution is 2.24. The summed E-state index contributed by atoms with van der Waals surface area (Å²) in [6.07, 6.45) is 56.6. The van der Waals surface area contributed by atoms with E-state index in [1.807, 2.05) is 0 Å². The molecule has 0 saturated heterocycles. The van der Waals surface area contributed by atoms with Crippen LogP contribution in [-0.4, -0.2) is 74.1 Å². The highest BCUT2D eigenvalue weighted by atomic mass is 16.5. The van der Waals surface area contributed by atoms with Gasteiger partial charge in [0.25, 0.3) is 0 Å². The molecule has 0 spiro atoms. The molecule has 72 heavy (non-hydrogen) atoms. The van der Waals surface area contributed by atoms with Crippen molar-refractivity contribution >= 4 is 17.8 Å². The summed E-state index contributed by atoms with van der Waals surface area (Å²) in [4.78, 5) is 44.1. The lowest BCUT2D eigenvalue weighted by molar-refractivity contribution is -0.146. The minimum absolute atomic E-state index is 0.00431. The molecule has 0 aromatic carbocycles. The topological polar surface area (TPSA) is 76.2 Å². The highest BCUT2D eigenvalue weighted by Gasteiger charge is 2.23. The van der Waals surface area contributed by atoms with Crippen LogP contribution in [0.25, 0.3) is 0 Å². The number of unbranched alkanes of at least 4 members (excludes halogenated alkanes) is 31. The van der Waals surface area contributed by atoms with Crippen molar-refractivity contribution in [3.05, 3.63) is 0 Å². The first kappa shape index (κ1) is 70.4. The maximum atomic E-state index is 14.0. The number of nitrogens with zero attached hydrogens (tertiary/aromatic N) is 2. The fourth-order valence-corrected chi connectivity index (χ4v) is 10.8. The Morgan fingerprint density at radius 3 is 0.931 bits per heavy atom. The summed E-state index contributed by atoms with van der Waals surface area (Å²) in [7, 11) is 4.27. The standard InChI is InChI=1S/C65H128N2O5/c1-8-13-18-23-31-39-49-60(47-37-22-17-12-5)58-71-64(69)54-44-35-27-25-33-41-51-62(67(57-46-56-66(6)7)63(68)53-43-30-21-16-11-4)52-42-34-26-28-36-45-55-65(70)72-59-61(48-38-29-20-15-10-3)50-40-32-24-19-14-9-2/h60-62H,8-59H2,1-7H3. The first-order chi connectivity index (χ1) is 35.2. The number of hydrogen-bond donors (Lipinski definition) is 0. The first-order valence-electron chi connectivity index (χ1n) is 32.5. The predicted octanol–water partition coefficient (Wildman–Crippen LogP) is 19.9. The minimum atomic E-state index is 0.00431. The largest absolute Gasteiger partial charge is 0.465 e. The van der Waals surface area contributed by atoms with Gasteiger partial charge in [0.2, 0.25) is 5.91 Å². The molecule has 0 rings (SSSR count). The van der Waals surface area contributed by atoms with Crippen molar-refractivity contribution in [2.75, 3.05) is 40.4 Å². The van der Waals surface area contributed by atoms with Crippen LogP contribution in [0.1, 0.15) is 343 Å². The van der Waals surface area contributed by atoms with E-state index in [-0.39, 0.29) is 11.9 Å². The predicted molar refractivity (Wildman–Crippen MR) is 313 cm³/mol. The molecular formula is C65H128N2O5. The molecule has 0 aliphatic carbocycles. The molecule has 0 bridgehead atoms. The molecule has 0 heterocycles. The second-order valence-corrected chi connectivity index (χ2v) is 23.1. The Morgan fingerprint density at radius 1 is 0.319 bits per heavy atom. The van der Waals surface area contributed by atoms with Gasteiger partial charge in [-0.15, -0.1) is 0 Å². The fourth-order valence-electron chi connectivity index (χ4n) is 10.8. The van der Waals surface area contributed by atoms with Crippen LogP contribution < -0.4 is 0 Å². The van der Waals surface area contributed by atoms with Gasteiger partial charge in [-0.25, -0.2) is 0 Å². The number of carbonyl (C=O) groups is 3. The molecule has 428 valence electrons. The summed E-state index contributed by atoms with van der Waals surface area (Å²) in [5, 5.41) is 0. The molecule has 7 heteroatoms. The Balaban J connectivity index is 5.00. The van der Waals surface area contributed by atoms with E-state index in [9.17, 15) is 14.4 Å². The van der Waals surface area contributed by atoms with Crippen molar-refractivity contribution < 1.29 is 23.9 Å². The number of amides is 1. The van der Waals surface area contributed by atoms with E-state index in [0.29, 0.717) is 56.3 Å². The Bertz CT molecular complexity index is 1150. The van der Waals surface area contributed by atoms with Crippen LogP contribution in [0.4, 0.5) is 0 Å². The molecule has 0 aromatic rings. The smallest absolute Gasteiger partial charge is 0.305 e. The van der Waals surface area contributed by atoms with Crippen LogP contribution in [0.5, 0.6) is 0 Å². The van der Waals surface area contributed by atoms with Crippen LogP contribution in [0.3, 0.4) is 0 Å². The van der Waals surface area contributed by atoms with Crippen molar-refractivity contribution in [3.8, 4) is 0 Å². The summed E-state index contributed by atoms with van der Waals surface area (Å²) in [5.41, 5.74) is 0. The molecule has 7 nitrogen and oxygen atoms in total. The summed E-state index contributed by atoms with van der Waals surface area (Å²) in [6.45, 7) is 14.5. The van der Waals surface area contributed by atoms with E-state index in [0.717, 1.165) is 96.6 Å². The van der Waals surface area contributed by atoms with E-state index in [1.54, 1.807) is 0 Å². The molecule has 0 saturated carbocycles. The molecule has 3 atom stereocenters. The summed E-state index contributed by atoms with van der Waals surface area (Å²) in [6, 6.07) is 0.317. The highest BCUT2D eigenvalue weighted by molar-refractivity contribution is 5.76. The number of hydrogen-bond acceptors (Lipinski definition) is 6. The molecule has 0 N–H and O–H groups in total. The van der Waals surface area contributed by atoms with E-state index in [4.69, 9.17) is 9.47 Å². The fraction of sp³-hybridized carbons (Fsp3) is 0.954. The third kappa shape index (κ3) is 48.0. The lowest BCUT2D eigenvalue weighted by Gasteiger charge is -2.33. The lowest BCUT2D eigenvalue weighted by Crippen LogP contribution is -2.41. The lowest BCUT2D eigenvalue weighted by atomic mass is 9.95. The van der Waals surface area contributed by atoms with Gasteiger partial charge in [-0.1, -0.05) is 259 Å². The van der Waals surface area contributed by atoms with Gasteiger partial charge in [-0.3, -0.25) is 14.4 Å². The van der Waals surface area contributed by atoms with Crippen molar-refractivity contribution in [1.29, 1.82) is 0 Å². The second kappa shape index (κ2) is 55.6. The van der Waals surface area contributed by atoms with Crippen molar-refractivity contribution in [3.63, 3.8) is 0 Å². The van der Waals surface area contributed by atoms with E-state index in [1.165, 1.54) is 205 Å². The average Bonchev–Trinajstić information content (AvgIpc) is 3.37. The first-order valence-corrected chi connectivity index (χ1v) is 32.5. The summed E-state index contributed by atoms with van der Waals surface area (Å²) >= 11 is 0. The third-order valence-electron chi connectivity index (χ3n) is 15.7. The molecule has 0 radical (unpaired) electrons. The maximum absolute atomic E-state index is 14.0. The van der Waals surface area contributed by atoms with Gasteiger partial charge in [-0.2, -0.15) is 0 Å². The zero-order valence-corrected chi connectivity index (χ0v) is 49.9. The molecular weight excluding hydrogens is 889 g/mol. The van der Waals surface area contributed by atoms with Crippen molar-refractivity contribution in [2.24, 2.45) is 11.8 Å². The monoisotopic (exact) mass is 1020 g/mol. The van der Waals surface area contributed by atoms with E-state index >= 15 is 0 Å². The van der Waals surface area contributed by atoms with Gasteiger partial charge >= 0.3 is 11.9 Å². The van der Waals surface area contributed by atoms with E-state index < -0.39 is 0 Å². The number of esters is 2. The van der Waals surface area contributed by atoms with E-state index in [2.05, 4.69) is 58.5 Å². The van der Waals surface area contributed by atoms with Crippen LogP contribution in [0.15, 0.2) is 0 Å². The molecule has 0 aromatic heterocycles. The number of rotatable bonds is 58. The Kier molecular flexibility index (Phi) is 54.3. The molecule has 0 fully saturated rings. The van der Waals surface area contributed by atoms with Gasteiger partial charge in [0.15, 0.2) is 0 Å². The van der Waals surface area contributed by atoms with Crippen LogP contribution in [-0.2, 0) is 23.9 Å². The van der Waals surface area contributed by atoms with Gasteiger partial charge in [0, 0.05) is 31.8 Å². The Hall–Kier alpha value is -1.63. The van der Waals surface area contributed by atoms with Gasteiger partial charge in [0.05, 0.1) is 13.2 Å². The Morgan fingerprint density at radius 2 is 0.597 bits per heavy atom. The average molecular weight is 1020 g/mol. The zero-order valence-electron chi connectivity index (χ0n) is 49.9. The van der Waals surface area contributed by atoms with Crippen molar-refractivity contribution in [1.82, 2.24) is 9.80 Å². The van der Waals surface area contributed by atoms with Crippen LogP contribution in [0.2, 0.25) is 0 Å². The summed E-state index contributed by atoms with van der Waals surface area (Å²) < 4.78 is 11.8. The SMILES string of the molecule is CCCCCCCCC(CCCCCC)COC(=O)CCCCCCCCC(CCCCCCCCC(=O)OCC(CCCCCCC)CCCCCCCC)N(CCCN(C)C)C(=O)CCCCCCC. The molecule has 3 unspecified atom stereocenters.